The second-order valence-electron chi connectivity index (χ2n) is 3.36. The molecule has 2 aliphatic rings. The Hall–Kier alpha value is -0.380. The molecule has 68 valence electrons. The number of hydrogen-bond donors (Lipinski definition) is 1. The molecule has 3 heteroatoms. The molecule has 0 saturated carbocycles. The minimum atomic E-state index is -0.0405. The molecule has 0 aromatic carbocycles. The van der Waals surface area contributed by atoms with Crippen molar-refractivity contribution in [3.63, 3.8) is 0 Å². The summed E-state index contributed by atoms with van der Waals surface area (Å²) in [4.78, 5) is 0. The maximum Gasteiger partial charge on any atom is 0.165 e. The topological polar surface area (TPSA) is 30.5 Å². The zero-order chi connectivity index (χ0) is 8.39. The second-order valence-corrected chi connectivity index (χ2v) is 3.36. The molecular formula is C9H15NO2. The van der Waals surface area contributed by atoms with Gasteiger partial charge in [0.05, 0.1) is 13.2 Å². The Morgan fingerprint density at radius 3 is 2.67 bits per heavy atom. The Bertz CT molecular complexity index is 175. The van der Waals surface area contributed by atoms with Crippen LogP contribution in [-0.4, -0.2) is 32.6 Å². The van der Waals surface area contributed by atoms with Gasteiger partial charge in [-0.25, -0.2) is 0 Å². The molecule has 2 saturated heterocycles. The van der Waals surface area contributed by atoms with Crippen LogP contribution in [0.2, 0.25) is 0 Å². The summed E-state index contributed by atoms with van der Waals surface area (Å²) in [5, 5.41) is 3.26. The van der Waals surface area contributed by atoms with E-state index in [1.54, 1.807) is 0 Å². The van der Waals surface area contributed by atoms with Crippen LogP contribution >= 0.6 is 0 Å². The first-order valence-electron chi connectivity index (χ1n) is 4.49. The lowest BCUT2D eigenvalue weighted by Gasteiger charge is -2.28. The van der Waals surface area contributed by atoms with Crippen LogP contribution in [0.3, 0.4) is 0 Å². The van der Waals surface area contributed by atoms with Crippen molar-refractivity contribution in [3.05, 3.63) is 12.2 Å². The minimum absolute atomic E-state index is 0.0405. The summed E-state index contributed by atoms with van der Waals surface area (Å²) in [6.45, 7) is 7.50. The largest absolute Gasteiger partial charge is 0.352 e. The fourth-order valence-electron chi connectivity index (χ4n) is 1.69. The van der Waals surface area contributed by atoms with Gasteiger partial charge in [-0.3, -0.25) is 0 Å². The van der Waals surface area contributed by atoms with E-state index in [1.807, 2.05) is 0 Å². The summed E-state index contributed by atoms with van der Waals surface area (Å²) in [6, 6.07) is 0. The molecule has 1 unspecified atom stereocenters. The molecule has 2 rings (SSSR count). The van der Waals surface area contributed by atoms with Crippen LogP contribution in [0.15, 0.2) is 12.2 Å². The van der Waals surface area contributed by atoms with Gasteiger partial charge >= 0.3 is 0 Å². The van der Waals surface area contributed by atoms with Crippen LogP contribution in [0.1, 0.15) is 6.42 Å². The third-order valence-electron chi connectivity index (χ3n) is 2.42. The van der Waals surface area contributed by atoms with E-state index in [9.17, 15) is 0 Å². The summed E-state index contributed by atoms with van der Waals surface area (Å²) >= 11 is 0. The zero-order valence-electron chi connectivity index (χ0n) is 7.21. The van der Waals surface area contributed by atoms with E-state index in [-0.39, 0.29) is 6.29 Å². The van der Waals surface area contributed by atoms with Crippen molar-refractivity contribution in [1.29, 1.82) is 0 Å². The fraction of sp³-hybridized carbons (Fsp3) is 0.778. The van der Waals surface area contributed by atoms with Gasteiger partial charge in [-0.15, -0.1) is 0 Å². The minimum Gasteiger partial charge on any atom is -0.352 e. The third-order valence-corrected chi connectivity index (χ3v) is 2.42. The molecule has 2 aliphatic heterocycles. The van der Waals surface area contributed by atoms with E-state index < -0.39 is 0 Å². The van der Waals surface area contributed by atoms with Crippen molar-refractivity contribution in [1.82, 2.24) is 5.32 Å². The Morgan fingerprint density at radius 1 is 1.33 bits per heavy atom. The average Bonchev–Trinajstić information content (AvgIpc) is 2.53. The summed E-state index contributed by atoms with van der Waals surface area (Å²) in [5.74, 6) is 0.366. The molecule has 0 radical (unpaired) electrons. The highest BCUT2D eigenvalue weighted by atomic mass is 16.7. The maximum atomic E-state index is 5.51. The summed E-state index contributed by atoms with van der Waals surface area (Å²) in [6.07, 6.45) is 0.976. The van der Waals surface area contributed by atoms with Gasteiger partial charge in [-0.1, -0.05) is 12.2 Å². The fourth-order valence-corrected chi connectivity index (χ4v) is 1.69. The van der Waals surface area contributed by atoms with Crippen molar-refractivity contribution in [2.24, 2.45) is 5.92 Å². The van der Waals surface area contributed by atoms with Gasteiger partial charge in [0.2, 0.25) is 0 Å². The molecule has 1 atom stereocenters. The summed E-state index contributed by atoms with van der Waals surface area (Å²) in [7, 11) is 0. The molecular weight excluding hydrogens is 154 g/mol. The van der Waals surface area contributed by atoms with Crippen LogP contribution in [-0.2, 0) is 9.47 Å². The van der Waals surface area contributed by atoms with E-state index in [2.05, 4.69) is 11.9 Å². The third kappa shape index (κ3) is 1.53. The van der Waals surface area contributed by atoms with Crippen LogP contribution < -0.4 is 5.32 Å². The van der Waals surface area contributed by atoms with Crippen molar-refractivity contribution >= 4 is 0 Å². The summed E-state index contributed by atoms with van der Waals surface area (Å²) in [5.41, 5.74) is 1.21. The van der Waals surface area contributed by atoms with Gasteiger partial charge in [0.15, 0.2) is 6.29 Å². The monoisotopic (exact) mass is 169 g/mol. The lowest BCUT2D eigenvalue weighted by molar-refractivity contribution is -0.195. The van der Waals surface area contributed by atoms with Crippen molar-refractivity contribution in [2.45, 2.75) is 12.7 Å². The van der Waals surface area contributed by atoms with E-state index in [0.29, 0.717) is 5.92 Å². The maximum absolute atomic E-state index is 5.51. The van der Waals surface area contributed by atoms with Gasteiger partial charge < -0.3 is 14.8 Å². The van der Waals surface area contributed by atoms with Crippen LogP contribution in [0, 0.1) is 5.92 Å². The SMILES string of the molecule is C=C1CNCC1C1OCCCO1. The predicted molar refractivity (Wildman–Crippen MR) is 45.8 cm³/mol. The second kappa shape index (κ2) is 3.56. The Morgan fingerprint density at radius 2 is 2.08 bits per heavy atom. The smallest absolute Gasteiger partial charge is 0.165 e. The Kier molecular flexibility index (Phi) is 2.44. The van der Waals surface area contributed by atoms with Crippen LogP contribution in [0.4, 0.5) is 0 Å². The lowest BCUT2D eigenvalue weighted by Crippen LogP contribution is -2.33. The Balaban J connectivity index is 1.93. The first kappa shape index (κ1) is 8.23. The highest BCUT2D eigenvalue weighted by molar-refractivity contribution is 5.10. The lowest BCUT2D eigenvalue weighted by atomic mass is 10.0. The Labute approximate surface area is 72.7 Å². The van der Waals surface area contributed by atoms with Gasteiger partial charge in [0.25, 0.3) is 0 Å². The molecule has 0 bridgehead atoms. The van der Waals surface area contributed by atoms with E-state index in [4.69, 9.17) is 9.47 Å². The first-order valence-corrected chi connectivity index (χ1v) is 4.49. The molecule has 0 aromatic rings. The highest BCUT2D eigenvalue weighted by Crippen LogP contribution is 2.23. The van der Waals surface area contributed by atoms with Gasteiger partial charge in [0, 0.05) is 19.0 Å². The molecule has 2 fully saturated rings. The molecule has 3 nitrogen and oxygen atoms in total. The summed E-state index contributed by atoms with van der Waals surface area (Å²) < 4.78 is 11.0. The molecule has 0 aliphatic carbocycles. The normalized spacial score (nSPS) is 32.7. The van der Waals surface area contributed by atoms with Gasteiger partial charge in [0.1, 0.15) is 0 Å². The van der Waals surface area contributed by atoms with Crippen LogP contribution in [0.5, 0.6) is 0 Å². The highest BCUT2D eigenvalue weighted by Gasteiger charge is 2.30. The van der Waals surface area contributed by atoms with Gasteiger partial charge in [-0.2, -0.15) is 0 Å². The van der Waals surface area contributed by atoms with Crippen molar-refractivity contribution < 1.29 is 9.47 Å². The van der Waals surface area contributed by atoms with E-state index in [0.717, 1.165) is 32.7 Å². The molecule has 12 heavy (non-hydrogen) atoms. The molecule has 0 aromatic heterocycles. The van der Waals surface area contributed by atoms with E-state index >= 15 is 0 Å². The molecule has 1 N–H and O–H groups in total. The number of rotatable bonds is 1. The zero-order valence-corrected chi connectivity index (χ0v) is 7.21. The molecule has 2 heterocycles. The molecule has 0 amide bonds. The molecule has 0 spiro atoms. The average molecular weight is 169 g/mol. The standard InChI is InChI=1S/C9H15NO2/c1-7-5-10-6-8(7)9-11-3-2-4-12-9/h8-10H,1-6H2. The van der Waals surface area contributed by atoms with Crippen LogP contribution in [0.25, 0.3) is 0 Å². The number of nitrogens with one attached hydrogen (secondary N) is 1. The predicted octanol–water partition coefficient (Wildman–Crippen LogP) is 0.525. The van der Waals surface area contributed by atoms with E-state index in [1.165, 1.54) is 5.57 Å². The quantitative estimate of drug-likeness (QED) is 0.581. The number of ether oxygens (including phenoxy) is 2. The van der Waals surface area contributed by atoms with Crippen molar-refractivity contribution in [3.8, 4) is 0 Å². The van der Waals surface area contributed by atoms with Gasteiger partial charge in [-0.05, 0) is 6.42 Å². The van der Waals surface area contributed by atoms with Crippen molar-refractivity contribution in [2.75, 3.05) is 26.3 Å². The first-order chi connectivity index (χ1) is 5.88. The number of hydrogen-bond acceptors (Lipinski definition) is 3.